The van der Waals surface area contributed by atoms with Crippen LogP contribution in [0.15, 0.2) is 12.1 Å². The van der Waals surface area contributed by atoms with Crippen molar-refractivity contribution < 1.29 is 14.6 Å². The number of hydrogen-bond donors (Lipinski definition) is 1. The number of nitro benzene ring substituents is 2. The summed E-state index contributed by atoms with van der Waals surface area (Å²) in [6, 6.07) is 1.65. The molecule has 0 unspecified atom stereocenters. The van der Waals surface area contributed by atoms with Crippen molar-refractivity contribution >= 4 is 28.9 Å². The van der Waals surface area contributed by atoms with Gasteiger partial charge in [-0.2, -0.15) is 0 Å². The van der Waals surface area contributed by atoms with E-state index in [1.165, 1.54) is 0 Å². The summed E-state index contributed by atoms with van der Waals surface area (Å²) in [6.07, 6.45) is 0. The zero-order valence-electron chi connectivity index (χ0n) is 10.8. The van der Waals surface area contributed by atoms with E-state index in [2.05, 4.69) is 5.32 Å². The van der Waals surface area contributed by atoms with E-state index in [-0.39, 0.29) is 11.5 Å². The minimum atomic E-state index is -0.867. The lowest BCUT2D eigenvalue weighted by molar-refractivity contribution is -0.394. The van der Waals surface area contributed by atoms with Gasteiger partial charge in [-0.15, -0.1) is 0 Å². The summed E-state index contributed by atoms with van der Waals surface area (Å²) >= 11 is 5.77. The Morgan fingerprint density at radius 1 is 1.30 bits per heavy atom. The topological polar surface area (TPSA) is 115 Å². The van der Waals surface area contributed by atoms with Crippen molar-refractivity contribution in [1.82, 2.24) is 5.32 Å². The Bertz CT molecular complexity index is 573. The minimum absolute atomic E-state index is 0.159. The van der Waals surface area contributed by atoms with Crippen LogP contribution in [-0.4, -0.2) is 22.3 Å². The number of nitro groups is 2. The van der Waals surface area contributed by atoms with Gasteiger partial charge in [-0.05, 0) is 5.92 Å². The van der Waals surface area contributed by atoms with Gasteiger partial charge in [-0.1, -0.05) is 25.4 Å². The molecule has 0 radical (unpaired) electrons. The van der Waals surface area contributed by atoms with Crippen LogP contribution >= 0.6 is 11.6 Å². The zero-order chi connectivity index (χ0) is 15.4. The average molecular weight is 302 g/mol. The fourth-order valence-corrected chi connectivity index (χ4v) is 1.65. The Labute approximate surface area is 119 Å². The molecule has 8 nitrogen and oxygen atoms in total. The third-order valence-electron chi connectivity index (χ3n) is 2.36. The van der Waals surface area contributed by atoms with Crippen molar-refractivity contribution in [3.05, 3.63) is 42.9 Å². The summed E-state index contributed by atoms with van der Waals surface area (Å²) in [5.41, 5.74) is -1.51. The van der Waals surface area contributed by atoms with E-state index >= 15 is 0 Å². The standard InChI is InChI=1S/C11H12ClN3O5/c1-6(2)5-13-11(16)8-3-7(14(17)18)4-9(10(8)12)15(19)20/h3-4,6H,5H2,1-2H3,(H,13,16). The van der Waals surface area contributed by atoms with Gasteiger partial charge in [0.25, 0.3) is 17.3 Å². The van der Waals surface area contributed by atoms with Crippen LogP contribution in [0.4, 0.5) is 11.4 Å². The van der Waals surface area contributed by atoms with Crippen LogP contribution in [0.25, 0.3) is 0 Å². The van der Waals surface area contributed by atoms with Crippen LogP contribution in [0, 0.1) is 26.1 Å². The van der Waals surface area contributed by atoms with Crippen LogP contribution in [0.1, 0.15) is 24.2 Å². The highest BCUT2D eigenvalue weighted by atomic mass is 35.5. The first-order chi connectivity index (χ1) is 9.23. The first kappa shape index (κ1) is 15.8. The Morgan fingerprint density at radius 2 is 1.90 bits per heavy atom. The Balaban J connectivity index is 3.27. The van der Waals surface area contributed by atoms with E-state index in [1.807, 2.05) is 13.8 Å². The highest BCUT2D eigenvalue weighted by Crippen LogP contribution is 2.32. The second-order valence-electron chi connectivity index (χ2n) is 4.44. The predicted molar refractivity (Wildman–Crippen MR) is 71.9 cm³/mol. The summed E-state index contributed by atoms with van der Waals surface area (Å²) in [7, 11) is 0. The second kappa shape index (κ2) is 6.29. The number of rotatable bonds is 5. The molecular formula is C11H12ClN3O5. The molecule has 0 spiro atoms. The van der Waals surface area contributed by atoms with E-state index < -0.39 is 32.2 Å². The maximum Gasteiger partial charge on any atom is 0.295 e. The third kappa shape index (κ3) is 3.64. The van der Waals surface area contributed by atoms with Gasteiger partial charge in [0.1, 0.15) is 5.02 Å². The minimum Gasteiger partial charge on any atom is -0.352 e. The largest absolute Gasteiger partial charge is 0.352 e. The molecule has 0 saturated heterocycles. The molecule has 0 aliphatic carbocycles. The lowest BCUT2D eigenvalue weighted by atomic mass is 10.1. The number of benzene rings is 1. The third-order valence-corrected chi connectivity index (χ3v) is 2.76. The van der Waals surface area contributed by atoms with Crippen molar-refractivity contribution in [2.75, 3.05) is 6.54 Å². The van der Waals surface area contributed by atoms with E-state index in [0.717, 1.165) is 12.1 Å². The van der Waals surface area contributed by atoms with Crippen LogP contribution in [-0.2, 0) is 0 Å². The van der Waals surface area contributed by atoms with E-state index in [4.69, 9.17) is 11.6 Å². The fraction of sp³-hybridized carbons (Fsp3) is 0.364. The number of amides is 1. The van der Waals surface area contributed by atoms with Crippen molar-refractivity contribution in [1.29, 1.82) is 0 Å². The molecule has 1 amide bonds. The smallest absolute Gasteiger partial charge is 0.295 e. The summed E-state index contributed by atoms with van der Waals surface area (Å²) in [5, 5.41) is 23.6. The molecule has 108 valence electrons. The average Bonchev–Trinajstić information content (AvgIpc) is 2.35. The molecule has 0 saturated carbocycles. The van der Waals surface area contributed by atoms with Crippen LogP contribution in [0.3, 0.4) is 0 Å². The van der Waals surface area contributed by atoms with Crippen LogP contribution in [0.2, 0.25) is 5.02 Å². The molecule has 1 N–H and O–H groups in total. The van der Waals surface area contributed by atoms with Crippen molar-refractivity contribution in [2.45, 2.75) is 13.8 Å². The number of hydrogen-bond acceptors (Lipinski definition) is 5. The normalized spacial score (nSPS) is 10.4. The maximum absolute atomic E-state index is 11.9. The fourth-order valence-electron chi connectivity index (χ4n) is 1.39. The van der Waals surface area contributed by atoms with E-state index in [1.54, 1.807) is 0 Å². The number of carbonyl (C=O) groups excluding carboxylic acids is 1. The molecule has 0 aliphatic heterocycles. The first-order valence-electron chi connectivity index (χ1n) is 5.64. The number of non-ortho nitro benzene ring substituents is 1. The highest BCUT2D eigenvalue weighted by molar-refractivity contribution is 6.36. The Morgan fingerprint density at radius 3 is 2.35 bits per heavy atom. The van der Waals surface area contributed by atoms with Crippen molar-refractivity contribution in [3.8, 4) is 0 Å². The molecule has 1 rings (SSSR count). The molecule has 0 fully saturated rings. The molecule has 0 aliphatic rings. The Hall–Kier alpha value is -2.22. The molecule has 0 bridgehead atoms. The predicted octanol–water partition coefficient (Wildman–Crippen LogP) is 2.54. The maximum atomic E-state index is 11.9. The monoisotopic (exact) mass is 301 g/mol. The molecule has 20 heavy (non-hydrogen) atoms. The SMILES string of the molecule is CC(C)CNC(=O)c1cc([N+](=O)[O-])cc([N+](=O)[O-])c1Cl. The number of nitrogens with one attached hydrogen (secondary N) is 1. The summed E-state index contributed by atoms with van der Waals surface area (Å²) in [4.78, 5) is 31.7. The van der Waals surface area contributed by atoms with Crippen molar-refractivity contribution in [3.63, 3.8) is 0 Å². The summed E-state index contributed by atoms with van der Waals surface area (Å²) in [6.45, 7) is 4.04. The first-order valence-corrected chi connectivity index (χ1v) is 6.02. The zero-order valence-corrected chi connectivity index (χ0v) is 11.5. The van der Waals surface area contributed by atoms with E-state index in [0.29, 0.717) is 6.54 Å². The molecule has 0 aromatic heterocycles. The second-order valence-corrected chi connectivity index (χ2v) is 4.82. The lowest BCUT2D eigenvalue weighted by Crippen LogP contribution is -2.27. The van der Waals surface area contributed by atoms with Gasteiger partial charge >= 0.3 is 0 Å². The molecule has 1 aromatic rings. The van der Waals surface area contributed by atoms with Crippen LogP contribution < -0.4 is 5.32 Å². The summed E-state index contributed by atoms with van der Waals surface area (Å²) < 4.78 is 0. The number of halogens is 1. The van der Waals surface area contributed by atoms with Gasteiger partial charge in [0.05, 0.1) is 21.5 Å². The Kier molecular flexibility index (Phi) is 4.98. The van der Waals surface area contributed by atoms with Gasteiger partial charge in [-0.3, -0.25) is 25.0 Å². The van der Waals surface area contributed by atoms with Gasteiger partial charge < -0.3 is 5.32 Å². The molecule has 0 atom stereocenters. The lowest BCUT2D eigenvalue weighted by Gasteiger charge is -2.09. The number of nitrogens with zero attached hydrogens (tertiary/aromatic N) is 2. The van der Waals surface area contributed by atoms with Gasteiger partial charge in [0, 0.05) is 12.6 Å². The van der Waals surface area contributed by atoms with Gasteiger partial charge in [0.2, 0.25) is 0 Å². The molecule has 9 heteroatoms. The molecular weight excluding hydrogens is 290 g/mol. The van der Waals surface area contributed by atoms with E-state index in [9.17, 15) is 25.0 Å². The molecule has 1 aromatic carbocycles. The van der Waals surface area contributed by atoms with Crippen LogP contribution in [0.5, 0.6) is 0 Å². The molecule has 0 heterocycles. The quantitative estimate of drug-likeness (QED) is 0.662. The van der Waals surface area contributed by atoms with Crippen molar-refractivity contribution in [2.24, 2.45) is 5.92 Å². The van der Waals surface area contributed by atoms with Gasteiger partial charge in [-0.25, -0.2) is 0 Å². The summed E-state index contributed by atoms with van der Waals surface area (Å²) in [5.74, 6) is -0.526. The highest BCUT2D eigenvalue weighted by Gasteiger charge is 2.26. The number of carbonyl (C=O) groups is 1. The van der Waals surface area contributed by atoms with Gasteiger partial charge in [0.15, 0.2) is 0 Å².